The number of nitrogens with zero attached hydrogens (tertiary/aromatic N) is 2. The quantitative estimate of drug-likeness (QED) is 0.746. The van der Waals surface area contributed by atoms with Crippen molar-refractivity contribution in [2.45, 2.75) is 35.5 Å². The number of nitrogens with one attached hydrogen (secondary N) is 1. The monoisotopic (exact) mass is 405 g/mol. The first-order valence-corrected chi connectivity index (χ1v) is 10.6. The van der Waals surface area contributed by atoms with E-state index in [0.717, 1.165) is 0 Å². The lowest BCUT2D eigenvalue weighted by Gasteiger charge is -2.29. The number of ether oxygens (including phenoxy) is 2. The fourth-order valence-corrected chi connectivity index (χ4v) is 4.91. The molecule has 9 heteroatoms. The molecule has 0 bridgehead atoms. The molecule has 28 heavy (non-hydrogen) atoms. The van der Waals surface area contributed by atoms with Gasteiger partial charge in [0.1, 0.15) is 11.4 Å². The molecule has 1 saturated heterocycles. The second kappa shape index (κ2) is 9.11. The Bertz CT molecular complexity index is 888. The highest BCUT2D eigenvalue weighted by Crippen LogP contribution is 2.28. The Morgan fingerprint density at radius 2 is 2.07 bits per heavy atom. The smallest absolute Gasteiger partial charge is 0.271 e. The van der Waals surface area contributed by atoms with E-state index in [0.29, 0.717) is 38.2 Å². The Labute approximate surface area is 164 Å². The highest BCUT2D eigenvalue weighted by molar-refractivity contribution is 7.92. The molecule has 1 aliphatic rings. The fourth-order valence-electron chi connectivity index (χ4n) is 3.14. The van der Waals surface area contributed by atoms with E-state index in [9.17, 15) is 13.2 Å². The van der Waals surface area contributed by atoms with E-state index >= 15 is 0 Å². The van der Waals surface area contributed by atoms with Crippen LogP contribution in [0, 0.1) is 0 Å². The maximum Gasteiger partial charge on any atom is 0.271 e. The fraction of sp³-hybridized carbons (Fsp3) is 0.421. The highest BCUT2D eigenvalue weighted by atomic mass is 32.2. The van der Waals surface area contributed by atoms with Gasteiger partial charge in [0.15, 0.2) is 9.84 Å². The molecule has 0 spiro atoms. The van der Waals surface area contributed by atoms with Crippen molar-refractivity contribution < 1.29 is 22.7 Å². The van der Waals surface area contributed by atoms with Crippen LogP contribution in [-0.4, -0.2) is 55.9 Å². The van der Waals surface area contributed by atoms with E-state index in [1.165, 1.54) is 25.7 Å². The number of aromatic nitrogens is 2. The molecule has 0 saturated carbocycles. The number of carbonyl (C=O) groups excluding carboxylic acids is 1. The predicted octanol–water partition coefficient (Wildman–Crippen LogP) is 1.63. The van der Waals surface area contributed by atoms with Gasteiger partial charge in [-0.25, -0.2) is 13.4 Å². The molecule has 1 N–H and O–H groups in total. The standard InChI is InChI=1S/C19H23N3O5S/c1-26-14-2-4-16(5-3-14)28(24,25)17-7-11-27-15(12-17)6-8-22-19(23)18-13-20-9-10-21-18/h2-5,9-10,13,15,17H,6-8,11-12H2,1H3,(H,22,23)/t15-,17+/m1/s1. The zero-order valence-electron chi connectivity index (χ0n) is 15.6. The summed E-state index contributed by atoms with van der Waals surface area (Å²) in [6.45, 7) is 0.748. The van der Waals surface area contributed by atoms with Crippen LogP contribution in [0.1, 0.15) is 29.8 Å². The van der Waals surface area contributed by atoms with E-state index < -0.39 is 15.1 Å². The molecule has 3 rings (SSSR count). The summed E-state index contributed by atoms with van der Waals surface area (Å²) in [5.41, 5.74) is 0.243. The van der Waals surface area contributed by atoms with Gasteiger partial charge in [-0.15, -0.1) is 0 Å². The predicted molar refractivity (Wildman–Crippen MR) is 102 cm³/mol. The van der Waals surface area contributed by atoms with Gasteiger partial charge in [0.25, 0.3) is 5.91 Å². The molecular weight excluding hydrogens is 382 g/mol. The van der Waals surface area contributed by atoms with Gasteiger partial charge in [0.05, 0.1) is 29.6 Å². The summed E-state index contributed by atoms with van der Waals surface area (Å²) in [5.74, 6) is 0.300. The van der Waals surface area contributed by atoms with Crippen LogP contribution in [0.25, 0.3) is 0 Å². The Balaban J connectivity index is 1.55. The number of sulfone groups is 1. The maximum absolute atomic E-state index is 12.9. The minimum Gasteiger partial charge on any atom is -0.497 e. The summed E-state index contributed by atoms with van der Waals surface area (Å²) in [6, 6.07) is 6.43. The average molecular weight is 405 g/mol. The van der Waals surface area contributed by atoms with Crippen LogP contribution in [0.15, 0.2) is 47.8 Å². The molecular formula is C19H23N3O5S. The minimum atomic E-state index is -3.45. The normalized spacial score (nSPS) is 19.8. The molecule has 1 aromatic heterocycles. The van der Waals surface area contributed by atoms with E-state index in [2.05, 4.69) is 15.3 Å². The van der Waals surface area contributed by atoms with Crippen LogP contribution < -0.4 is 10.1 Å². The van der Waals surface area contributed by atoms with Gasteiger partial charge in [-0.1, -0.05) is 0 Å². The summed E-state index contributed by atoms with van der Waals surface area (Å²) >= 11 is 0. The summed E-state index contributed by atoms with van der Waals surface area (Å²) in [4.78, 5) is 20.1. The molecule has 150 valence electrons. The van der Waals surface area contributed by atoms with Gasteiger partial charge < -0.3 is 14.8 Å². The van der Waals surface area contributed by atoms with Gasteiger partial charge in [-0.2, -0.15) is 0 Å². The lowest BCUT2D eigenvalue weighted by Crippen LogP contribution is -2.37. The van der Waals surface area contributed by atoms with Gasteiger partial charge in [0.2, 0.25) is 0 Å². The van der Waals surface area contributed by atoms with Crippen LogP contribution in [0.4, 0.5) is 0 Å². The van der Waals surface area contributed by atoms with Gasteiger partial charge >= 0.3 is 0 Å². The number of methoxy groups -OCH3 is 1. The molecule has 1 aliphatic heterocycles. The zero-order chi connectivity index (χ0) is 20.0. The highest BCUT2D eigenvalue weighted by Gasteiger charge is 2.33. The first-order valence-electron chi connectivity index (χ1n) is 9.04. The molecule has 1 amide bonds. The van der Waals surface area contributed by atoms with Gasteiger partial charge in [-0.3, -0.25) is 9.78 Å². The Kier molecular flexibility index (Phi) is 6.58. The van der Waals surface area contributed by atoms with Crippen molar-refractivity contribution in [2.24, 2.45) is 0 Å². The van der Waals surface area contributed by atoms with Crippen LogP contribution in [0.2, 0.25) is 0 Å². The number of hydrogen-bond acceptors (Lipinski definition) is 7. The number of rotatable bonds is 7. The first kappa shape index (κ1) is 20.2. The van der Waals surface area contributed by atoms with Crippen molar-refractivity contribution in [3.63, 3.8) is 0 Å². The molecule has 2 aromatic rings. The molecule has 0 radical (unpaired) electrons. The lowest BCUT2D eigenvalue weighted by atomic mass is 10.1. The van der Waals surface area contributed by atoms with Crippen LogP contribution in [0.3, 0.4) is 0 Å². The Morgan fingerprint density at radius 3 is 2.75 bits per heavy atom. The van der Waals surface area contributed by atoms with Crippen LogP contribution >= 0.6 is 0 Å². The van der Waals surface area contributed by atoms with Gasteiger partial charge in [0, 0.05) is 25.5 Å². The SMILES string of the molecule is COc1ccc(S(=O)(=O)[C@H]2CCO[C@H](CCNC(=O)c3cnccn3)C2)cc1. The third-order valence-corrected chi connectivity index (χ3v) is 6.93. The molecule has 1 fully saturated rings. The van der Waals surface area contributed by atoms with Gasteiger partial charge in [-0.05, 0) is 43.5 Å². The van der Waals surface area contributed by atoms with E-state index in [4.69, 9.17) is 9.47 Å². The second-order valence-corrected chi connectivity index (χ2v) is 8.72. The van der Waals surface area contributed by atoms with E-state index in [1.807, 2.05) is 0 Å². The second-order valence-electron chi connectivity index (χ2n) is 6.49. The third kappa shape index (κ3) is 4.85. The maximum atomic E-state index is 12.9. The van der Waals surface area contributed by atoms with E-state index in [1.54, 1.807) is 24.3 Å². The van der Waals surface area contributed by atoms with Crippen molar-refractivity contribution in [1.82, 2.24) is 15.3 Å². The van der Waals surface area contributed by atoms with Crippen molar-refractivity contribution in [1.29, 1.82) is 0 Å². The zero-order valence-corrected chi connectivity index (χ0v) is 16.4. The molecule has 8 nitrogen and oxygen atoms in total. The number of hydrogen-bond donors (Lipinski definition) is 1. The van der Waals surface area contributed by atoms with Crippen molar-refractivity contribution in [2.75, 3.05) is 20.3 Å². The van der Waals surface area contributed by atoms with Crippen LogP contribution in [0.5, 0.6) is 5.75 Å². The molecule has 1 aromatic carbocycles. The summed E-state index contributed by atoms with van der Waals surface area (Å²) in [5, 5.41) is 2.26. The summed E-state index contributed by atoms with van der Waals surface area (Å²) in [7, 11) is -1.91. The summed E-state index contributed by atoms with van der Waals surface area (Å²) < 4.78 is 36.6. The Morgan fingerprint density at radius 1 is 1.29 bits per heavy atom. The molecule has 0 unspecified atom stereocenters. The first-order chi connectivity index (χ1) is 13.5. The van der Waals surface area contributed by atoms with Crippen molar-refractivity contribution in [3.8, 4) is 5.75 Å². The number of carbonyl (C=O) groups is 1. The Hall–Kier alpha value is -2.52. The van der Waals surface area contributed by atoms with Crippen molar-refractivity contribution in [3.05, 3.63) is 48.5 Å². The topological polar surface area (TPSA) is 107 Å². The number of amides is 1. The average Bonchev–Trinajstić information content (AvgIpc) is 2.74. The summed E-state index contributed by atoms with van der Waals surface area (Å²) in [6.07, 6.45) is 5.49. The number of benzene rings is 1. The molecule has 2 heterocycles. The lowest BCUT2D eigenvalue weighted by molar-refractivity contribution is 0.0132. The van der Waals surface area contributed by atoms with E-state index in [-0.39, 0.29) is 22.6 Å². The van der Waals surface area contributed by atoms with Crippen LogP contribution in [-0.2, 0) is 14.6 Å². The van der Waals surface area contributed by atoms with Crippen molar-refractivity contribution >= 4 is 15.7 Å². The molecule has 0 aliphatic carbocycles. The largest absolute Gasteiger partial charge is 0.497 e. The minimum absolute atomic E-state index is 0.228. The molecule has 2 atom stereocenters. The third-order valence-electron chi connectivity index (χ3n) is 4.69.